The molecule has 2 aromatic heterocycles. The highest BCUT2D eigenvalue weighted by atomic mass is 15.1. The van der Waals surface area contributed by atoms with Crippen LogP contribution in [0.1, 0.15) is 70.3 Å². The van der Waals surface area contributed by atoms with Gasteiger partial charge in [-0.15, -0.1) is 0 Å². The van der Waals surface area contributed by atoms with Crippen molar-refractivity contribution < 1.29 is 0 Å². The summed E-state index contributed by atoms with van der Waals surface area (Å²) < 4.78 is 0. The van der Waals surface area contributed by atoms with Crippen molar-refractivity contribution in [2.75, 3.05) is 37.3 Å². The molecule has 174 valence electrons. The van der Waals surface area contributed by atoms with Crippen LogP contribution in [0.5, 0.6) is 0 Å². The quantitative estimate of drug-likeness (QED) is 0.515. The largest absolute Gasteiger partial charge is 0.367 e. The number of nitrogens with zero attached hydrogens (tertiary/aromatic N) is 4. The number of nitrogens with one attached hydrogen (secondary N) is 2. The van der Waals surface area contributed by atoms with Gasteiger partial charge in [0, 0.05) is 25.0 Å². The topological polar surface area (TPSA) is 66.0 Å². The molecular formula is C26H40N6. The fourth-order valence-electron chi connectivity index (χ4n) is 4.89. The van der Waals surface area contributed by atoms with Crippen LogP contribution in [0.2, 0.25) is 0 Å². The van der Waals surface area contributed by atoms with E-state index in [9.17, 15) is 0 Å². The summed E-state index contributed by atoms with van der Waals surface area (Å²) >= 11 is 0. The zero-order valence-electron chi connectivity index (χ0n) is 19.9. The molecule has 1 aliphatic carbocycles. The monoisotopic (exact) mass is 436 g/mol. The molecule has 0 aromatic carbocycles. The standard InChI is InChI=1S/C26H40N6/c1-3-4-14-27-26-29-19-23(25(31-26)30-22-8-6-5-7-9-22)24-11-10-21(18-28-24)17-20-12-15-32(2)16-13-20/h10-11,18-20,22H,3-9,12-17H2,1-2H3,(H2,27,29,30,31). The average molecular weight is 437 g/mol. The van der Waals surface area contributed by atoms with Gasteiger partial charge in [-0.05, 0) is 76.2 Å². The van der Waals surface area contributed by atoms with Gasteiger partial charge < -0.3 is 15.5 Å². The van der Waals surface area contributed by atoms with Crippen molar-refractivity contribution >= 4 is 11.8 Å². The Morgan fingerprint density at radius 3 is 2.53 bits per heavy atom. The van der Waals surface area contributed by atoms with E-state index in [0.717, 1.165) is 48.8 Å². The van der Waals surface area contributed by atoms with Crippen molar-refractivity contribution in [1.29, 1.82) is 0 Å². The summed E-state index contributed by atoms with van der Waals surface area (Å²) in [6, 6.07) is 4.89. The van der Waals surface area contributed by atoms with Crippen LogP contribution in [0, 0.1) is 5.92 Å². The molecular weight excluding hydrogens is 396 g/mol. The Kier molecular flexibility index (Phi) is 8.32. The normalized spacial score (nSPS) is 18.6. The Balaban J connectivity index is 1.48. The second kappa shape index (κ2) is 11.6. The Morgan fingerprint density at radius 1 is 1.00 bits per heavy atom. The van der Waals surface area contributed by atoms with Crippen LogP contribution < -0.4 is 10.6 Å². The predicted molar refractivity (Wildman–Crippen MR) is 133 cm³/mol. The van der Waals surface area contributed by atoms with Crippen LogP contribution in [0.3, 0.4) is 0 Å². The third kappa shape index (κ3) is 6.41. The van der Waals surface area contributed by atoms with E-state index in [2.05, 4.69) is 52.8 Å². The Bertz CT molecular complexity index is 823. The summed E-state index contributed by atoms with van der Waals surface area (Å²) in [5.74, 6) is 2.40. The minimum Gasteiger partial charge on any atom is -0.367 e. The third-order valence-electron chi connectivity index (χ3n) is 7.01. The van der Waals surface area contributed by atoms with Crippen LogP contribution in [0.25, 0.3) is 11.3 Å². The zero-order valence-corrected chi connectivity index (χ0v) is 19.9. The molecule has 4 rings (SSSR count). The van der Waals surface area contributed by atoms with Crippen LogP contribution in [0.4, 0.5) is 11.8 Å². The molecule has 1 saturated carbocycles. The zero-order chi connectivity index (χ0) is 22.2. The van der Waals surface area contributed by atoms with E-state index in [0.29, 0.717) is 12.0 Å². The van der Waals surface area contributed by atoms with Gasteiger partial charge in [-0.2, -0.15) is 4.98 Å². The first-order valence-electron chi connectivity index (χ1n) is 12.7. The number of hydrogen-bond acceptors (Lipinski definition) is 6. The first-order chi connectivity index (χ1) is 15.7. The van der Waals surface area contributed by atoms with Gasteiger partial charge in [0.2, 0.25) is 5.95 Å². The smallest absolute Gasteiger partial charge is 0.224 e. The molecule has 6 heteroatoms. The minimum atomic E-state index is 0.490. The molecule has 0 atom stereocenters. The van der Waals surface area contributed by atoms with E-state index < -0.39 is 0 Å². The maximum atomic E-state index is 4.86. The van der Waals surface area contributed by atoms with Crippen molar-refractivity contribution in [3.8, 4) is 11.3 Å². The molecule has 2 aliphatic rings. The second-order valence-corrected chi connectivity index (χ2v) is 9.72. The fourth-order valence-corrected chi connectivity index (χ4v) is 4.89. The van der Waals surface area contributed by atoms with E-state index in [-0.39, 0.29) is 0 Å². The molecule has 0 amide bonds. The number of piperidine rings is 1. The van der Waals surface area contributed by atoms with Crippen LogP contribution in [-0.2, 0) is 6.42 Å². The summed E-state index contributed by atoms with van der Waals surface area (Å²) in [5, 5.41) is 7.10. The molecule has 2 fully saturated rings. The minimum absolute atomic E-state index is 0.490. The Hall–Kier alpha value is -2.21. The molecule has 1 saturated heterocycles. The molecule has 32 heavy (non-hydrogen) atoms. The molecule has 0 radical (unpaired) electrons. The summed E-state index contributed by atoms with van der Waals surface area (Å²) in [7, 11) is 2.22. The SMILES string of the molecule is CCCCNc1ncc(-c2ccc(CC3CCN(C)CC3)cn2)c(NC2CCCCC2)n1. The van der Waals surface area contributed by atoms with Gasteiger partial charge >= 0.3 is 0 Å². The average Bonchev–Trinajstić information content (AvgIpc) is 2.82. The molecule has 0 spiro atoms. The highest BCUT2D eigenvalue weighted by molar-refractivity contribution is 5.72. The number of aromatic nitrogens is 3. The summed E-state index contributed by atoms with van der Waals surface area (Å²) in [6.07, 6.45) is 16.3. The van der Waals surface area contributed by atoms with E-state index in [4.69, 9.17) is 9.97 Å². The van der Waals surface area contributed by atoms with Crippen molar-refractivity contribution in [3.05, 3.63) is 30.1 Å². The predicted octanol–water partition coefficient (Wildman–Crippen LogP) is 5.38. The van der Waals surface area contributed by atoms with E-state index in [1.165, 1.54) is 63.6 Å². The summed E-state index contributed by atoms with van der Waals surface area (Å²) in [6.45, 7) is 5.52. The molecule has 1 aliphatic heterocycles. The van der Waals surface area contributed by atoms with Crippen LogP contribution in [-0.4, -0.2) is 52.6 Å². The lowest BCUT2D eigenvalue weighted by Gasteiger charge is -2.28. The lowest BCUT2D eigenvalue weighted by Crippen LogP contribution is -2.30. The first kappa shape index (κ1) is 23.0. The molecule has 2 N–H and O–H groups in total. The number of likely N-dealkylation sites (tertiary alicyclic amines) is 1. The highest BCUT2D eigenvalue weighted by Crippen LogP contribution is 2.29. The van der Waals surface area contributed by atoms with Gasteiger partial charge in [-0.1, -0.05) is 38.7 Å². The van der Waals surface area contributed by atoms with Gasteiger partial charge in [0.25, 0.3) is 0 Å². The number of unbranched alkanes of at least 4 members (excludes halogenated alkanes) is 1. The van der Waals surface area contributed by atoms with Crippen molar-refractivity contribution in [2.45, 2.75) is 77.2 Å². The lowest BCUT2D eigenvalue weighted by molar-refractivity contribution is 0.219. The lowest BCUT2D eigenvalue weighted by atomic mass is 9.91. The van der Waals surface area contributed by atoms with E-state index in [1.807, 2.05) is 6.20 Å². The molecule has 6 nitrogen and oxygen atoms in total. The number of pyridine rings is 1. The first-order valence-corrected chi connectivity index (χ1v) is 12.7. The molecule has 2 aromatic rings. The Labute approximate surface area is 193 Å². The fraction of sp³-hybridized carbons (Fsp3) is 0.654. The van der Waals surface area contributed by atoms with Gasteiger partial charge in [-0.25, -0.2) is 4.98 Å². The van der Waals surface area contributed by atoms with Crippen molar-refractivity contribution in [3.63, 3.8) is 0 Å². The maximum Gasteiger partial charge on any atom is 0.224 e. The highest BCUT2D eigenvalue weighted by Gasteiger charge is 2.19. The summed E-state index contributed by atoms with van der Waals surface area (Å²) in [4.78, 5) is 16.7. The van der Waals surface area contributed by atoms with Crippen molar-refractivity contribution in [2.24, 2.45) is 5.92 Å². The van der Waals surface area contributed by atoms with Gasteiger partial charge in [0.15, 0.2) is 0 Å². The second-order valence-electron chi connectivity index (χ2n) is 9.72. The number of hydrogen-bond donors (Lipinski definition) is 2. The van der Waals surface area contributed by atoms with Crippen LogP contribution in [0.15, 0.2) is 24.5 Å². The Morgan fingerprint density at radius 2 is 1.81 bits per heavy atom. The van der Waals surface area contributed by atoms with Gasteiger partial charge in [0.1, 0.15) is 5.82 Å². The number of anilines is 2. The molecule has 3 heterocycles. The summed E-state index contributed by atoms with van der Waals surface area (Å²) in [5.41, 5.74) is 3.29. The third-order valence-corrected chi connectivity index (χ3v) is 7.01. The molecule has 0 bridgehead atoms. The van der Waals surface area contributed by atoms with E-state index in [1.54, 1.807) is 0 Å². The van der Waals surface area contributed by atoms with E-state index >= 15 is 0 Å². The van der Waals surface area contributed by atoms with Gasteiger partial charge in [0.05, 0.1) is 11.3 Å². The molecule has 0 unspecified atom stereocenters. The van der Waals surface area contributed by atoms with Gasteiger partial charge in [-0.3, -0.25) is 4.98 Å². The number of rotatable bonds is 9. The van der Waals surface area contributed by atoms with Crippen LogP contribution >= 0.6 is 0 Å². The maximum absolute atomic E-state index is 4.86. The van der Waals surface area contributed by atoms with Crippen molar-refractivity contribution in [1.82, 2.24) is 19.9 Å².